The number of benzene rings is 1. The third kappa shape index (κ3) is 4.33. The van der Waals surface area contributed by atoms with Crippen molar-refractivity contribution < 1.29 is 23.0 Å². The van der Waals surface area contributed by atoms with Crippen LogP contribution < -0.4 is 14.8 Å². The molecule has 8 heteroatoms. The van der Waals surface area contributed by atoms with Gasteiger partial charge in [-0.3, -0.25) is 4.79 Å². The van der Waals surface area contributed by atoms with Gasteiger partial charge >= 0.3 is 6.61 Å². The summed E-state index contributed by atoms with van der Waals surface area (Å²) in [6.07, 6.45) is 0. The molecule has 1 aromatic heterocycles. The third-order valence-corrected chi connectivity index (χ3v) is 4.43. The molecule has 1 N–H and O–H groups in total. The summed E-state index contributed by atoms with van der Waals surface area (Å²) >= 11 is 7.20. The molecular weight excluding hydrogens is 348 g/mol. The molecular formula is C15H14ClF2NO3S. The third-order valence-electron chi connectivity index (χ3n) is 3.02. The van der Waals surface area contributed by atoms with E-state index in [0.717, 1.165) is 4.88 Å². The summed E-state index contributed by atoms with van der Waals surface area (Å²) in [5.74, 6) is -0.778. The van der Waals surface area contributed by atoms with Crippen LogP contribution in [0.2, 0.25) is 4.34 Å². The van der Waals surface area contributed by atoms with Gasteiger partial charge in [0.1, 0.15) is 0 Å². The number of ether oxygens (including phenoxy) is 2. The molecule has 0 aliphatic rings. The molecule has 0 saturated carbocycles. The van der Waals surface area contributed by atoms with E-state index < -0.39 is 12.5 Å². The summed E-state index contributed by atoms with van der Waals surface area (Å²) in [4.78, 5) is 13.2. The highest BCUT2D eigenvalue weighted by Gasteiger charge is 2.22. The van der Waals surface area contributed by atoms with Gasteiger partial charge in [-0.25, -0.2) is 0 Å². The van der Waals surface area contributed by atoms with Gasteiger partial charge in [-0.1, -0.05) is 17.7 Å². The molecule has 4 nitrogen and oxygen atoms in total. The van der Waals surface area contributed by atoms with Crippen molar-refractivity contribution in [2.24, 2.45) is 0 Å². The second-order valence-corrected chi connectivity index (χ2v) is 6.30. The number of methoxy groups -OCH3 is 1. The van der Waals surface area contributed by atoms with E-state index in [1.165, 1.54) is 36.6 Å². The monoisotopic (exact) mass is 361 g/mol. The van der Waals surface area contributed by atoms with Crippen molar-refractivity contribution in [2.75, 3.05) is 7.11 Å². The highest BCUT2D eigenvalue weighted by atomic mass is 35.5. The Labute approximate surface area is 141 Å². The minimum atomic E-state index is -3.06. The van der Waals surface area contributed by atoms with E-state index in [-0.39, 0.29) is 23.1 Å². The fourth-order valence-corrected chi connectivity index (χ4v) is 3.04. The zero-order valence-corrected chi connectivity index (χ0v) is 13.9. The maximum atomic E-state index is 12.6. The second kappa shape index (κ2) is 7.61. The smallest absolute Gasteiger partial charge is 0.387 e. The molecule has 1 aromatic carbocycles. The molecule has 0 radical (unpaired) electrons. The van der Waals surface area contributed by atoms with Crippen LogP contribution in [0.15, 0.2) is 30.3 Å². The number of nitrogens with one attached hydrogen (secondary N) is 1. The molecule has 2 rings (SSSR count). The molecule has 0 bridgehead atoms. The van der Waals surface area contributed by atoms with Crippen LogP contribution in [0, 0.1) is 0 Å². The Morgan fingerprint density at radius 1 is 1.30 bits per heavy atom. The molecule has 0 aliphatic heterocycles. The van der Waals surface area contributed by atoms with E-state index in [1.807, 2.05) is 0 Å². The number of carbonyl (C=O) groups is 1. The Morgan fingerprint density at radius 2 is 2.04 bits per heavy atom. The van der Waals surface area contributed by atoms with E-state index in [4.69, 9.17) is 16.3 Å². The minimum absolute atomic E-state index is 0.0286. The van der Waals surface area contributed by atoms with Crippen LogP contribution in [-0.4, -0.2) is 19.6 Å². The van der Waals surface area contributed by atoms with Gasteiger partial charge in [-0.15, -0.1) is 11.3 Å². The predicted molar refractivity (Wildman–Crippen MR) is 84.8 cm³/mol. The topological polar surface area (TPSA) is 47.6 Å². The number of halogens is 3. The van der Waals surface area contributed by atoms with Crippen molar-refractivity contribution in [3.63, 3.8) is 0 Å². The lowest BCUT2D eigenvalue weighted by Crippen LogP contribution is -2.27. The number of hydrogen-bond donors (Lipinski definition) is 1. The van der Waals surface area contributed by atoms with Crippen molar-refractivity contribution in [1.29, 1.82) is 0 Å². The molecule has 1 heterocycles. The Bertz CT molecular complexity index is 693. The van der Waals surface area contributed by atoms with Gasteiger partial charge in [0, 0.05) is 4.88 Å². The number of thiophene rings is 1. The quantitative estimate of drug-likeness (QED) is 0.823. The van der Waals surface area contributed by atoms with Crippen LogP contribution in [0.1, 0.15) is 28.2 Å². The van der Waals surface area contributed by atoms with Gasteiger partial charge in [0.05, 0.1) is 23.1 Å². The van der Waals surface area contributed by atoms with E-state index in [2.05, 4.69) is 10.1 Å². The van der Waals surface area contributed by atoms with Crippen LogP contribution in [-0.2, 0) is 0 Å². The lowest BCUT2D eigenvalue weighted by Gasteiger charge is -2.16. The van der Waals surface area contributed by atoms with Crippen molar-refractivity contribution in [3.05, 3.63) is 45.1 Å². The normalized spacial score (nSPS) is 12.1. The Kier molecular flexibility index (Phi) is 5.79. The number of alkyl halides is 2. The first-order chi connectivity index (χ1) is 10.9. The van der Waals surface area contributed by atoms with Crippen molar-refractivity contribution >= 4 is 28.8 Å². The Morgan fingerprint density at radius 3 is 2.61 bits per heavy atom. The van der Waals surface area contributed by atoms with Gasteiger partial charge in [-0.05, 0) is 31.2 Å². The minimum Gasteiger partial charge on any atom is -0.493 e. The molecule has 1 amide bonds. The van der Waals surface area contributed by atoms with Crippen LogP contribution in [0.4, 0.5) is 8.78 Å². The van der Waals surface area contributed by atoms with Gasteiger partial charge < -0.3 is 14.8 Å². The molecule has 0 fully saturated rings. The second-order valence-electron chi connectivity index (χ2n) is 4.55. The van der Waals surface area contributed by atoms with E-state index in [0.29, 0.717) is 4.34 Å². The SMILES string of the molecule is COc1cccc(C(=O)NC(C)c2ccc(Cl)s2)c1OC(F)F. The van der Waals surface area contributed by atoms with Crippen LogP contribution in [0.5, 0.6) is 11.5 Å². The summed E-state index contributed by atoms with van der Waals surface area (Å²) in [7, 11) is 1.31. The zero-order chi connectivity index (χ0) is 17.0. The fraction of sp³-hybridized carbons (Fsp3) is 0.267. The first-order valence-electron chi connectivity index (χ1n) is 6.60. The number of carbonyl (C=O) groups excluding carboxylic acids is 1. The van der Waals surface area contributed by atoms with Crippen molar-refractivity contribution in [1.82, 2.24) is 5.32 Å². The van der Waals surface area contributed by atoms with Crippen molar-refractivity contribution in [2.45, 2.75) is 19.6 Å². The zero-order valence-electron chi connectivity index (χ0n) is 12.3. The lowest BCUT2D eigenvalue weighted by molar-refractivity contribution is -0.0515. The van der Waals surface area contributed by atoms with Gasteiger partial charge in [-0.2, -0.15) is 8.78 Å². The van der Waals surface area contributed by atoms with Crippen LogP contribution in [0.3, 0.4) is 0 Å². The molecule has 23 heavy (non-hydrogen) atoms. The molecule has 1 atom stereocenters. The largest absolute Gasteiger partial charge is 0.493 e. The standard InChI is InChI=1S/C15H14ClF2NO3S/c1-8(11-6-7-12(16)23-11)19-14(20)9-4-3-5-10(21-2)13(9)22-15(17)18/h3-8,15H,1-2H3,(H,19,20). The summed E-state index contributed by atoms with van der Waals surface area (Å²) in [6, 6.07) is 7.55. The molecule has 124 valence electrons. The Balaban J connectivity index is 2.24. The average Bonchev–Trinajstić information content (AvgIpc) is 2.93. The summed E-state index contributed by atoms with van der Waals surface area (Å²) in [6.45, 7) is -1.29. The highest BCUT2D eigenvalue weighted by Crippen LogP contribution is 2.33. The number of para-hydroxylation sites is 1. The van der Waals surface area contributed by atoms with E-state index >= 15 is 0 Å². The molecule has 0 aliphatic carbocycles. The number of hydrogen-bond acceptors (Lipinski definition) is 4. The lowest BCUT2D eigenvalue weighted by atomic mass is 10.1. The number of rotatable bonds is 6. The van der Waals surface area contributed by atoms with Gasteiger partial charge in [0.25, 0.3) is 5.91 Å². The maximum absolute atomic E-state index is 12.6. The maximum Gasteiger partial charge on any atom is 0.387 e. The van der Waals surface area contributed by atoms with Crippen LogP contribution >= 0.6 is 22.9 Å². The van der Waals surface area contributed by atoms with E-state index in [9.17, 15) is 13.6 Å². The summed E-state index contributed by atoms with van der Waals surface area (Å²) in [5, 5.41) is 2.72. The number of amides is 1. The molecule has 0 spiro atoms. The van der Waals surface area contributed by atoms with Gasteiger partial charge in [0.15, 0.2) is 11.5 Å². The first-order valence-corrected chi connectivity index (χ1v) is 7.79. The molecule has 2 aromatic rings. The molecule has 1 unspecified atom stereocenters. The fourth-order valence-electron chi connectivity index (χ4n) is 1.97. The van der Waals surface area contributed by atoms with Crippen LogP contribution in [0.25, 0.3) is 0 Å². The predicted octanol–water partition coefficient (Wildman–Crippen LogP) is 4.50. The average molecular weight is 362 g/mol. The van der Waals surface area contributed by atoms with Gasteiger partial charge in [0.2, 0.25) is 0 Å². The molecule has 0 saturated heterocycles. The van der Waals surface area contributed by atoms with E-state index in [1.54, 1.807) is 19.1 Å². The Hall–Kier alpha value is -1.86. The summed E-state index contributed by atoms with van der Waals surface area (Å²) in [5.41, 5.74) is -0.0286. The summed E-state index contributed by atoms with van der Waals surface area (Å²) < 4.78 is 35.2. The van der Waals surface area contributed by atoms with Crippen molar-refractivity contribution in [3.8, 4) is 11.5 Å². The first kappa shape index (κ1) is 17.5. The highest BCUT2D eigenvalue weighted by molar-refractivity contribution is 7.16.